The van der Waals surface area contributed by atoms with Crippen molar-refractivity contribution >= 4 is 11.9 Å². The molecule has 2 atom stereocenters. The van der Waals surface area contributed by atoms with Gasteiger partial charge in [-0.05, 0) is 32.1 Å². The molecule has 2 rings (SSSR count). The zero-order valence-corrected chi connectivity index (χ0v) is 15.4. The van der Waals surface area contributed by atoms with Gasteiger partial charge in [0.05, 0.1) is 5.92 Å². The number of ether oxygens (including phenoxy) is 1. The van der Waals surface area contributed by atoms with Gasteiger partial charge in [0.15, 0.2) is 0 Å². The first-order chi connectivity index (χ1) is 11.8. The van der Waals surface area contributed by atoms with Crippen LogP contribution in [0.5, 0.6) is 0 Å². The fraction of sp³-hybridized carbons (Fsp3) is 0.882. The zero-order chi connectivity index (χ0) is 19.6. The Morgan fingerprint density at radius 2 is 1.48 bits per heavy atom. The predicted octanol–water partition coefficient (Wildman–Crippen LogP) is 3.86. The fourth-order valence-corrected chi connectivity index (χ4v) is 3.17. The van der Waals surface area contributed by atoms with Crippen molar-refractivity contribution in [3.63, 3.8) is 0 Å². The number of carboxylic acids is 1. The zero-order valence-electron chi connectivity index (χ0n) is 15.4. The third kappa shape index (κ3) is 6.84. The van der Waals surface area contributed by atoms with Gasteiger partial charge in [-0.15, -0.1) is 0 Å². The van der Waals surface area contributed by atoms with Gasteiger partial charge in [-0.25, -0.2) is 0 Å². The lowest BCUT2D eigenvalue weighted by atomic mass is 10.0. The molecule has 1 aliphatic carbocycles. The molecule has 25 heavy (non-hydrogen) atoms. The summed E-state index contributed by atoms with van der Waals surface area (Å²) >= 11 is 0. The molecule has 2 aliphatic rings. The normalized spacial score (nSPS) is 23.6. The maximum absolute atomic E-state index is 12.8. The molecular formula is C17H30F3NO4. The van der Waals surface area contributed by atoms with Crippen molar-refractivity contribution in [2.75, 3.05) is 13.2 Å². The Hall–Kier alpha value is -1.31. The van der Waals surface area contributed by atoms with E-state index in [9.17, 15) is 22.8 Å². The second kappa shape index (κ2) is 11.3. The Morgan fingerprint density at radius 1 is 0.960 bits per heavy atom. The van der Waals surface area contributed by atoms with Gasteiger partial charge in [0.2, 0.25) is 0 Å². The molecule has 1 aliphatic heterocycles. The molecule has 148 valence electrons. The van der Waals surface area contributed by atoms with Crippen LogP contribution in [-0.4, -0.2) is 53.4 Å². The van der Waals surface area contributed by atoms with Crippen LogP contribution in [0.25, 0.3) is 0 Å². The number of carboxylic acid groups (broad SMARTS) is 1. The molecule has 0 aromatic carbocycles. The fourth-order valence-electron chi connectivity index (χ4n) is 3.17. The molecule has 2 fully saturated rings. The van der Waals surface area contributed by atoms with Crippen molar-refractivity contribution in [2.45, 2.75) is 78.1 Å². The molecule has 1 heterocycles. The van der Waals surface area contributed by atoms with Gasteiger partial charge in [-0.2, -0.15) is 13.2 Å². The minimum absolute atomic E-state index is 0.0918. The highest BCUT2D eigenvalue weighted by Crippen LogP contribution is 2.35. The summed E-state index contributed by atoms with van der Waals surface area (Å²) in [7, 11) is 0. The van der Waals surface area contributed by atoms with E-state index in [0.717, 1.165) is 4.90 Å². The highest BCUT2D eigenvalue weighted by molar-refractivity contribution is 5.82. The van der Waals surface area contributed by atoms with Crippen molar-refractivity contribution in [3.05, 3.63) is 0 Å². The average molecular weight is 369 g/mol. The Kier molecular flexibility index (Phi) is 10.7. The van der Waals surface area contributed by atoms with Crippen LogP contribution in [0.2, 0.25) is 0 Å². The highest BCUT2D eigenvalue weighted by atomic mass is 19.4. The first kappa shape index (κ1) is 23.7. The number of carbonyl (C=O) groups is 2. The lowest BCUT2D eigenvalue weighted by Gasteiger charge is -2.38. The van der Waals surface area contributed by atoms with Crippen LogP contribution in [0.3, 0.4) is 0 Å². The van der Waals surface area contributed by atoms with Gasteiger partial charge in [0, 0.05) is 25.3 Å². The summed E-state index contributed by atoms with van der Waals surface area (Å²) in [5.74, 6) is -3.53. The van der Waals surface area contributed by atoms with Crippen molar-refractivity contribution in [3.8, 4) is 0 Å². The summed E-state index contributed by atoms with van der Waals surface area (Å²) < 4.78 is 43.6. The van der Waals surface area contributed by atoms with Gasteiger partial charge in [-0.3, -0.25) is 9.59 Å². The molecule has 2 unspecified atom stereocenters. The van der Waals surface area contributed by atoms with Crippen molar-refractivity contribution in [2.24, 2.45) is 5.92 Å². The molecule has 8 heteroatoms. The molecular weight excluding hydrogens is 339 g/mol. The molecule has 1 amide bonds. The van der Waals surface area contributed by atoms with Crippen molar-refractivity contribution < 1.29 is 32.6 Å². The van der Waals surface area contributed by atoms with Crippen LogP contribution in [0.1, 0.15) is 59.8 Å². The van der Waals surface area contributed by atoms with Crippen LogP contribution in [0.4, 0.5) is 13.2 Å². The number of hydrogen-bond donors (Lipinski definition) is 1. The molecule has 0 radical (unpaired) electrons. The molecule has 0 aromatic heterocycles. The Morgan fingerprint density at radius 3 is 1.88 bits per heavy atom. The van der Waals surface area contributed by atoms with Crippen LogP contribution >= 0.6 is 0 Å². The molecule has 1 saturated carbocycles. The van der Waals surface area contributed by atoms with E-state index in [1.807, 2.05) is 27.7 Å². The summed E-state index contributed by atoms with van der Waals surface area (Å²) in [6.45, 7) is 8.64. The van der Waals surface area contributed by atoms with E-state index in [0.29, 0.717) is 38.9 Å². The van der Waals surface area contributed by atoms with E-state index in [1.165, 1.54) is 0 Å². The van der Waals surface area contributed by atoms with E-state index in [1.54, 1.807) is 0 Å². The number of amides is 1. The Bertz CT molecular complexity index is 409. The average Bonchev–Trinajstić information content (AvgIpc) is 3.09. The summed E-state index contributed by atoms with van der Waals surface area (Å²) in [5, 5.41) is 8.98. The predicted molar refractivity (Wildman–Crippen MR) is 88.2 cm³/mol. The van der Waals surface area contributed by atoms with E-state index in [-0.39, 0.29) is 6.42 Å². The third-order valence-electron chi connectivity index (χ3n) is 4.21. The van der Waals surface area contributed by atoms with Gasteiger partial charge >= 0.3 is 18.1 Å². The number of halogens is 3. The summed E-state index contributed by atoms with van der Waals surface area (Å²) in [6.07, 6.45) is -3.51. The van der Waals surface area contributed by atoms with E-state index in [4.69, 9.17) is 9.84 Å². The lowest BCUT2D eigenvalue weighted by Crippen LogP contribution is -2.53. The second-order valence-electron chi connectivity index (χ2n) is 5.56. The third-order valence-corrected chi connectivity index (χ3v) is 4.21. The van der Waals surface area contributed by atoms with Crippen LogP contribution in [0.15, 0.2) is 0 Å². The first-order valence-corrected chi connectivity index (χ1v) is 9.00. The topological polar surface area (TPSA) is 66.8 Å². The highest BCUT2D eigenvalue weighted by Gasteiger charge is 2.49. The van der Waals surface area contributed by atoms with Gasteiger partial charge in [-0.1, -0.05) is 27.7 Å². The minimum atomic E-state index is -4.93. The molecule has 1 N–H and O–H groups in total. The maximum Gasteiger partial charge on any atom is 0.471 e. The van der Waals surface area contributed by atoms with E-state index < -0.39 is 36.1 Å². The first-order valence-electron chi connectivity index (χ1n) is 9.00. The number of carbonyl (C=O) groups excluding carboxylic acids is 1. The number of rotatable bonds is 3. The van der Waals surface area contributed by atoms with Crippen LogP contribution < -0.4 is 0 Å². The summed E-state index contributed by atoms with van der Waals surface area (Å²) in [5.41, 5.74) is 0. The SMILES string of the molecule is CC.CC.O=C(O)C1CCC(N(C(=O)C(F)(F)F)C2CCOCC2)C1. The van der Waals surface area contributed by atoms with E-state index in [2.05, 4.69) is 0 Å². The summed E-state index contributed by atoms with van der Waals surface area (Å²) in [4.78, 5) is 23.6. The standard InChI is InChI=1S/C13H18F3NO4.2C2H6/c14-13(15,16)12(20)17(9-3-5-21-6-4-9)10-2-1-8(7-10)11(18)19;2*1-2/h8-10H,1-7H2,(H,18,19);2*1-2H3. The van der Waals surface area contributed by atoms with Gasteiger partial charge in [0.25, 0.3) is 0 Å². The molecule has 0 spiro atoms. The van der Waals surface area contributed by atoms with Crippen LogP contribution in [-0.2, 0) is 14.3 Å². The largest absolute Gasteiger partial charge is 0.481 e. The molecule has 1 saturated heterocycles. The van der Waals surface area contributed by atoms with Crippen molar-refractivity contribution in [1.82, 2.24) is 4.90 Å². The number of hydrogen-bond acceptors (Lipinski definition) is 3. The second-order valence-corrected chi connectivity index (χ2v) is 5.56. The molecule has 5 nitrogen and oxygen atoms in total. The number of nitrogens with zero attached hydrogens (tertiary/aromatic N) is 1. The maximum atomic E-state index is 12.8. The smallest absolute Gasteiger partial charge is 0.471 e. The van der Waals surface area contributed by atoms with Crippen LogP contribution in [0, 0.1) is 5.92 Å². The Labute approximate surface area is 147 Å². The minimum Gasteiger partial charge on any atom is -0.481 e. The molecule has 0 bridgehead atoms. The molecule has 0 aromatic rings. The van der Waals surface area contributed by atoms with Crippen molar-refractivity contribution in [1.29, 1.82) is 0 Å². The monoisotopic (exact) mass is 369 g/mol. The summed E-state index contributed by atoms with van der Waals surface area (Å²) in [6, 6.07) is -1.17. The van der Waals surface area contributed by atoms with Gasteiger partial charge < -0.3 is 14.7 Å². The lowest BCUT2D eigenvalue weighted by molar-refractivity contribution is -0.192. The Balaban J connectivity index is 0.00000134. The van der Waals surface area contributed by atoms with Gasteiger partial charge in [0.1, 0.15) is 0 Å². The van der Waals surface area contributed by atoms with E-state index >= 15 is 0 Å². The quantitative estimate of drug-likeness (QED) is 0.820. The number of aliphatic carboxylic acids is 1. The number of alkyl halides is 3.